The molecule has 1 N–H and O–H groups in total. The first-order valence-corrected chi connectivity index (χ1v) is 13.2. The summed E-state index contributed by atoms with van der Waals surface area (Å²) in [4.78, 5) is 29.0. The van der Waals surface area contributed by atoms with Gasteiger partial charge in [0.2, 0.25) is 5.91 Å². The van der Waals surface area contributed by atoms with Gasteiger partial charge in [-0.15, -0.1) is 0 Å². The summed E-state index contributed by atoms with van der Waals surface area (Å²) in [7, 11) is 1.59. The summed E-state index contributed by atoms with van der Waals surface area (Å²) >= 11 is 0. The lowest BCUT2D eigenvalue weighted by atomic mass is 9.94. The van der Waals surface area contributed by atoms with Gasteiger partial charge in [-0.05, 0) is 60.4 Å². The Morgan fingerprint density at radius 1 is 0.921 bits per heavy atom. The van der Waals surface area contributed by atoms with Gasteiger partial charge >= 0.3 is 0 Å². The van der Waals surface area contributed by atoms with Crippen LogP contribution in [-0.2, 0) is 22.6 Å². The summed E-state index contributed by atoms with van der Waals surface area (Å²) in [6.45, 7) is -0.0734. The molecule has 6 nitrogen and oxygen atoms in total. The SMILES string of the molecule is COc1cccc(CN(C(=O)COc2ccc(F)cc2)[C@@H](Cc2ccccc2)C(=O)NC2CCCCC2)c1. The van der Waals surface area contributed by atoms with E-state index in [1.807, 2.05) is 54.6 Å². The zero-order valence-electron chi connectivity index (χ0n) is 21.8. The molecule has 1 fully saturated rings. The van der Waals surface area contributed by atoms with Crippen molar-refractivity contribution < 1.29 is 23.5 Å². The molecule has 1 aliphatic carbocycles. The van der Waals surface area contributed by atoms with Gasteiger partial charge in [0.25, 0.3) is 5.91 Å². The first-order chi connectivity index (χ1) is 18.5. The van der Waals surface area contributed by atoms with Crippen LogP contribution in [0.25, 0.3) is 0 Å². The number of halogens is 1. The number of rotatable bonds is 11. The fourth-order valence-corrected chi connectivity index (χ4v) is 4.82. The highest BCUT2D eigenvalue weighted by Crippen LogP contribution is 2.21. The molecule has 0 saturated heterocycles. The van der Waals surface area contributed by atoms with Crippen molar-refractivity contribution in [3.63, 3.8) is 0 Å². The van der Waals surface area contributed by atoms with Crippen LogP contribution in [0.15, 0.2) is 78.9 Å². The van der Waals surface area contributed by atoms with Crippen molar-refractivity contribution in [2.45, 2.75) is 57.2 Å². The molecule has 0 aromatic heterocycles. The van der Waals surface area contributed by atoms with Crippen molar-refractivity contribution in [2.24, 2.45) is 0 Å². The predicted octanol–water partition coefficient (Wildman–Crippen LogP) is 5.30. The molecule has 0 radical (unpaired) electrons. The highest BCUT2D eigenvalue weighted by molar-refractivity contribution is 5.88. The van der Waals surface area contributed by atoms with Crippen LogP contribution in [0.1, 0.15) is 43.2 Å². The first kappa shape index (κ1) is 27.2. The fourth-order valence-electron chi connectivity index (χ4n) is 4.82. The summed E-state index contributed by atoms with van der Waals surface area (Å²) in [6, 6.07) is 22.1. The Labute approximate surface area is 223 Å². The van der Waals surface area contributed by atoms with Gasteiger partial charge in [0.1, 0.15) is 23.4 Å². The van der Waals surface area contributed by atoms with Crippen LogP contribution in [0, 0.1) is 5.82 Å². The highest BCUT2D eigenvalue weighted by Gasteiger charge is 2.32. The second-order valence-electron chi connectivity index (χ2n) is 9.66. The Balaban J connectivity index is 1.61. The summed E-state index contributed by atoms with van der Waals surface area (Å²) in [5, 5.41) is 3.22. The van der Waals surface area contributed by atoms with Gasteiger partial charge in [-0.3, -0.25) is 9.59 Å². The minimum Gasteiger partial charge on any atom is -0.497 e. The van der Waals surface area contributed by atoms with Crippen LogP contribution in [0.4, 0.5) is 4.39 Å². The first-order valence-electron chi connectivity index (χ1n) is 13.2. The number of methoxy groups -OCH3 is 1. The van der Waals surface area contributed by atoms with E-state index in [1.165, 1.54) is 30.7 Å². The van der Waals surface area contributed by atoms with Crippen molar-refractivity contribution >= 4 is 11.8 Å². The fraction of sp³-hybridized carbons (Fsp3) is 0.355. The van der Waals surface area contributed by atoms with Crippen LogP contribution in [0.2, 0.25) is 0 Å². The van der Waals surface area contributed by atoms with Crippen molar-refractivity contribution in [3.8, 4) is 11.5 Å². The number of nitrogens with one attached hydrogen (secondary N) is 1. The average Bonchev–Trinajstić information content (AvgIpc) is 2.95. The van der Waals surface area contributed by atoms with Crippen molar-refractivity contribution in [3.05, 3.63) is 95.8 Å². The maximum absolute atomic E-state index is 13.8. The van der Waals surface area contributed by atoms with E-state index in [-0.39, 0.29) is 36.8 Å². The second-order valence-corrected chi connectivity index (χ2v) is 9.66. The van der Waals surface area contributed by atoms with Gasteiger partial charge in [0.05, 0.1) is 7.11 Å². The van der Waals surface area contributed by atoms with E-state index >= 15 is 0 Å². The summed E-state index contributed by atoms with van der Waals surface area (Å²) in [6.07, 6.45) is 5.62. The number of carbonyl (C=O) groups excluding carboxylic acids is 2. The molecule has 1 aliphatic rings. The topological polar surface area (TPSA) is 67.9 Å². The molecule has 3 aromatic carbocycles. The van der Waals surface area contributed by atoms with Gasteiger partial charge < -0.3 is 19.7 Å². The maximum Gasteiger partial charge on any atom is 0.261 e. The minimum absolute atomic E-state index is 0.110. The van der Waals surface area contributed by atoms with E-state index in [4.69, 9.17) is 9.47 Å². The molecule has 200 valence electrons. The van der Waals surface area contributed by atoms with Gasteiger partial charge in [0.15, 0.2) is 6.61 Å². The van der Waals surface area contributed by atoms with Crippen LogP contribution in [0.3, 0.4) is 0 Å². The second kappa shape index (κ2) is 13.6. The summed E-state index contributed by atoms with van der Waals surface area (Å²) < 4.78 is 24.4. The van der Waals surface area contributed by atoms with E-state index in [2.05, 4.69) is 5.32 Å². The number of ether oxygens (including phenoxy) is 2. The third kappa shape index (κ3) is 7.81. The van der Waals surface area contributed by atoms with E-state index in [0.717, 1.165) is 36.8 Å². The summed E-state index contributed by atoms with van der Waals surface area (Å²) in [5.41, 5.74) is 1.79. The normalized spacial score (nSPS) is 14.4. The molecule has 3 aromatic rings. The van der Waals surface area contributed by atoms with Gasteiger partial charge in [-0.1, -0.05) is 61.7 Å². The number of hydrogen-bond acceptors (Lipinski definition) is 4. The maximum atomic E-state index is 13.8. The monoisotopic (exact) mass is 518 g/mol. The van der Waals surface area contributed by atoms with Crippen LogP contribution in [-0.4, -0.2) is 42.5 Å². The average molecular weight is 519 g/mol. The highest BCUT2D eigenvalue weighted by atomic mass is 19.1. The lowest BCUT2D eigenvalue weighted by Crippen LogP contribution is -2.53. The molecule has 1 atom stereocenters. The van der Waals surface area contributed by atoms with Crippen molar-refractivity contribution in [2.75, 3.05) is 13.7 Å². The Hall–Kier alpha value is -3.87. The number of amides is 2. The van der Waals surface area contributed by atoms with Gasteiger partial charge in [-0.2, -0.15) is 0 Å². The van der Waals surface area contributed by atoms with Crippen LogP contribution in [0.5, 0.6) is 11.5 Å². The summed E-state index contributed by atoms with van der Waals surface area (Å²) in [5.74, 6) is 0.164. The smallest absolute Gasteiger partial charge is 0.261 e. The molecule has 0 unspecified atom stereocenters. The lowest BCUT2D eigenvalue weighted by Gasteiger charge is -2.33. The molecule has 2 amide bonds. The number of carbonyl (C=O) groups is 2. The molecule has 0 aliphatic heterocycles. The van der Waals surface area contributed by atoms with E-state index < -0.39 is 6.04 Å². The molecule has 0 spiro atoms. The van der Waals surface area contributed by atoms with E-state index in [9.17, 15) is 14.0 Å². The standard InChI is InChI=1S/C31H35FN2O4/c1-37-28-14-8-11-24(19-28)21-34(30(35)22-38-27-17-15-25(32)16-18-27)29(20-23-9-4-2-5-10-23)31(36)33-26-12-6-3-7-13-26/h2,4-5,8-11,14-19,26,29H,3,6-7,12-13,20-22H2,1H3,(H,33,36)/t29-/m0/s1. The van der Waals surface area contributed by atoms with Gasteiger partial charge in [0, 0.05) is 19.0 Å². The third-order valence-electron chi connectivity index (χ3n) is 6.89. The number of hydrogen-bond donors (Lipinski definition) is 1. The molecule has 7 heteroatoms. The Bertz CT molecular complexity index is 1180. The Morgan fingerprint density at radius 2 is 1.63 bits per heavy atom. The molecule has 1 saturated carbocycles. The Morgan fingerprint density at radius 3 is 2.34 bits per heavy atom. The number of benzene rings is 3. The molecular weight excluding hydrogens is 483 g/mol. The molecule has 4 rings (SSSR count). The molecule has 38 heavy (non-hydrogen) atoms. The molecule has 0 bridgehead atoms. The van der Waals surface area contributed by atoms with E-state index in [1.54, 1.807) is 12.0 Å². The van der Waals surface area contributed by atoms with Crippen molar-refractivity contribution in [1.29, 1.82) is 0 Å². The predicted molar refractivity (Wildman–Crippen MR) is 144 cm³/mol. The van der Waals surface area contributed by atoms with Gasteiger partial charge in [-0.25, -0.2) is 4.39 Å². The zero-order chi connectivity index (χ0) is 26.7. The van der Waals surface area contributed by atoms with Crippen LogP contribution < -0.4 is 14.8 Å². The zero-order valence-corrected chi connectivity index (χ0v) is 21.8. The van der Waals surface area contributed by atoms with Crippen molar-refractivity contribution in [1.82, 2.24) is 10.2 Å². The largest absolute Gasteiger partial charge is 0.497 e. The lowest BCUT2D eigenvalue weighted by molar-refractivity contribution is -0.143. The third-order valence-corrected chi connectivity index (χ3v) is 6.89. The van der Waals surface area contributed by atoms with Crippen LogP contribution >= 0.6 is 0 Å². The number of nitrogens with zero attached hydrogens (tertiary/aromatic N) is 1. The minimum atomic E-state index is -0.741. The van der Waals surface area contributed by atoms with E-state index in [0.29, 0.717) is 17.9 Å². The molecule has 0 heterocycles. The Kier molecular flexibility index (Phi) is 9.73. The quantitative estimate of drug-likeness (QED) is 0.374. The molecular formula is C31H35FN2O4.